The molecule has 0 radical (unpaired) electrons. The minimum Gasteiger partial charge on any atom is -0.497 e. The van der Waals surface area contributed by atoms with Gasteiger partial charge in [0.1, 0.15) is 22.8 Å². The predicted molar refractivity (Wildman–Crippen MR) is 125 cm³/mol. The maximum absolute atomic E-state index is 12.7. The van der Waals surface area contributed by atoms with Crippen molar-refractivity contribution in [1.29, 1.82) is 0 Å². The van der Waals surface area contributed by atoms with Crippen molar-refractivity contribution in [2.75, 3.05) is 7.11 Å². The number of methoxy groups -OCH3 is 1. The second-order valence-corrected chi connectivity index (χ2v) is 8.58. The highest BCUT2D eigenvalue weighted by molar-refractivity contribution is 5.91. The summed E-state index contributed by atoms with van der Waals surface area (Å²) in [6.45, 7) is 6.34. The molecule has 0 saturated heterocycles. The molecule has 4 aromatic rings. The van der Waals surface area contributed by atoms with Crippen molar-refractivity contribution >= 4 is 16.9 Å². The lowest BCUT2D eigenvalue weighted by Crippen LogP contribution is -2.13. The number of fused-ring (bicyclic) bond motifs is 1. The van der Waals surface area contributed by atoms with Gasteiger partial charge in [0.2, 0.25) is 0 Å². The molecular formula is C27H24O5. The van der Waals surface area contributed by atoms with Crippen molar-refractivity contribution in [1.82, 2.24) is 0 Å². The molecular weight excluding hydrogens is 404 g/mol. The molecule has 5 heteroatoms. The van der Waals surface area contributed by atoms with E-state index >= 15 is 0 Å². The molecule has 5 nitrogen and oxygen atoms in total. The van der Waals surface area contributed by atoms with E-state index in [0.29, 0.717) is 22.3 Å². The van der Waals surface area contributed by atoms with Crippen LogP contribution in [0.25, 0.3) is 22.3 Å². The topological polar surface area (TPSA) is 65.7 Å². The van der Waals surface area contributed by atoms with Crippen LogP contribution in [0.5, 0.6) is 11.5 Å². The summed E-state index contributed by atoms with van der Waals surface area (Å²) in [5.41, 5.74) is 2.53. The smallest absolute Gasteiger partial charge is 0.343 e. The second kappa shape index (κ2) is 8.35. The summed E-state index contributed by atoms with van der Waals surface area (Å²) in [5.74, 6) is 0.973. The van der Waals surface area contributed by atoms with Crippen LogP contribution in [-0.2, 0) is 5.41 Å². The third-order valence-corrected chi connectivity index (χ3v) is 5.27. The van der Waals surface area contributed by atoms with Crippen molar-refractivity contribution in [3.8, 4) is 22.8 Å². The third-order valence-electron chi connectivity index (χ3n) is 5.27. The Balaban J connectivity index is 1.59. The first kappa shape index (κ1) is 21.4. The largest absolute Gasteiger partial charge is 0.497 e. The lowest BCUT2D eigenvalue weighted by Gasteiger charge is -2.18. The fourth-order valence-corrected chi connectivity index (χ4v) is 3.37. The molecule has 4 rings (SSSR count). The molecule has 162 valence electrons. The van der Waals surface area contributed by atoms with Crippen LogP contribution < -0.4 is 14.9 Å². The Kier molecular flexibility index (Phi) is 5.57. The molecule has 0 saturated carbocycles. The van der Waals surface area contributed by atoms with E-state index in [9.17, 15) is 9.59 Å². The van der Waals surface area contributed by atoms with Gasteiger partial charge in [-0.05, 0) is 65.6 Å². The van der Waals surface area contributed by atoms with E-state index in [0.717, 1.165) is 16.9 Å². The van der Waals surface area contributed by atoms with Crippen LogP contribution >= 0.6 is 0 Å². The maximum atomic E-state index is 12.7. The van der Waals surface area contributed by atoms with Crippen molar-refractivity contribution in [3.05, 3.63) is 94.1 Å². The molecule has 1 aromatic heterocycles. The lowest BCUT2D eigenvalue weighted by atomic mass is 9.87. The van der Waals surface area contributed by atoms with E-state index < -0.39 is 5.97 Å². The van der Waals surface area contributed by atoms with E-state index in [1.807, 2.05) is 24.3 Å². The Hall–Kier alpha value is -3.86. The molecule has 0 aliphatic carbocycles. The van der Waals surface area contributed by atoms with Crippen LogP contribution in [0.1, 0.15) is 36.7 Å². The first-order valence-electron chi connectivity index (χ1n) is 10.3. The molecule has 0 fully saturated rings. The number of hydrogen-bond donors (Lipinski definition) is 0. The number of esters is 1. The van der Waals surface area contributed by atoms with Gasteiger partial charge in [0.05, 0.1) is 18.1 Å². The number of carbonyl (C=O) groups excluding carboxylic acids is 1. The van der Waals surface area contributed by atoms with Crippen molar-refractivity contribution in [2.45, 2.75) is 26.2 Å². The number of hydrogen-bond acceptors (Lipinski definition) is 5. The Morgan fingerprint density at radius 1 is 0.844 bits per heavy atom. The minimum atomic E-state index is -0.482. The van der Waals surface area contributed by atoms with E-state index in [2.05, 4.69) is 20.8 Å². The van der Waals surface area contributed by atoms with Crippen LogP contribution in [0.2, 0.25) is 0 Å². The zero-order valence-corrected chi connectivity index (χ0v) is 18.5. The normalized spacial score (nSPS) is 11.4. The predicted octanol–water partition coefficient (Wildman–Crippen LogP) is 5.99. The second-order valence-electron chi connectivity index (χ2n) is 8.58. The molecule has 0 aliphatic rings. The average Bonchev–Trinajstić information content (AvgIpc) is 2.79. The van der Waals surface area contributed by atoms with E-state index in [-0.39, 0.29) is 16.6 Å². The summed E-state index contributed by atoms with van der Waals surface area (Å²) < 4.78 is 16.6. The van der Waals surface area contributed by atoms with Gasteiger partial charge in [-0.1, -0.05) is 32.9 Å². The molecule has 1 heterocycles. The van der Waals surface area contributed by atoms with Gasteiger partial charge in [-0.25, -0.2) is 4.79 Å². The van der Waals surface area contributed by atoms with Crippen molar-refractivity contribution < 1.29 is 18.7 Å². The molecule has 0 atom stereocenters. The standard InChI is InChI=1S/C27H24O5/c1-27(2,3)19-9-5-18(6-10-19)26(29)31-21-13-14-24-22(15-21)23(28)16-25(32-24)17-7-11-20(30-4)12-8-17/h5-16H,1-4H3. The van der Waals surface area contributed by atoms with Gasteiger partial charge in [-0.2, -0.15) is 0 Å². The van der Waals surface area contributed by atoms with Crippen molar-refractivity contribution in [2.24, 2.45) is 0 Å². The van der Waals surface area contributed by atoms with Gasteiger partial charge < -0.3 is 13.9 Å². The van der Waals surface area contributed by atoms with Gasteiger partial charge in [0, 0.05) is 11.6 Å². The fraction of sp³-hybridized carbons (Fsp3) is 0.185. The summed E-state index contributed by atoms with van der Waals surface area (Å²) in [4.78, 5) is 25.3. The highest BCUT2D eigenvalue weighted by atomic mass is 16.5. The zero-order chi connectivity index (χ0) is 22.9. The summed E-state index contributed by atoms with van der Waals surface area (Å²) in [7, 11) is 1.59. The summed E-state index contributed by atoms with van der Waals surface area (Å²) in [6, 6.07) is 20.8. The van der Waals surface area contributed by atoms with Crippen LogP contribution in [-0.4, -0.2) is 13.1 Å². The Bertz CT molecular complexity index is 1320. The first-order valence-corrected chi connectivity index (χ1v) is 10.3. The molecule has 0 N–H and O–H groups in total. The summed E-state index contributed by atoms with van der Waals surface area (Å²) in [6.07, 6.45) is 0. The minimum absolute atomic E-state index is 0.000517. The Labute approximate surface area is 186 Å². The number of ether oxygens (including phenoxy) is 2. The van der Waals surface area contributed by atoms with Gasteiger partial charge >= 0.3 is 5.97 Å². The number of benzene rings is 3. The molecule has 32 heavy (non-hydrogen) atoms. The fourth-order valence-electron chi connectivity index (χ4n) is 3.37. The van der Waals surface area contributed by atoms with Gasteiger partial charge in [0.25, 0.3) is 0 Å². The van der Waals surface area contributed by atoms with E-state index in [4.69, 9.17) is 13.9 Å². The van der Waals surface area contributed by atoms with Crippen LogP contribution in [0.15, 0.2) is 82.0 Å². The molecule has 0 aliphatic heterocycles. The Morgan fingerprint density at radius 3 is 2.12 bits per heavy atom. The van der Waals surface area contributed by atoms with Crippen LogP contribution in [0.3, 0.4) is 0 Å². The van der Waals surface area contributed by atoms with Gasteiger partial charge in [-0.3, -0.25) is 4.79 Å². The Morgan fingerprint density at radius 2 is 1.50 bits per heavy atom. The zero-order valence-electron chi connectivity index (χ0n) is 18.5. The van der Waals surface area contributed by atoms with E-state index in [1.165, 1.54) is 12.1 Å². The molecule has 0 amide bonds. The van der Waals surface area contributed by atoms with Gasteiger partial charge in [0.15, 0.2) is 5.43 Å². The molecule has 0 bridgehead atoms. The molecule has 0 spiro atoms. The quantitative estimate of drug-likeness (QED) is 0.295. The lowest BCUT2D eigenvalue weighted by molar-refractivity contribution is 0.0735. The number of carbonyl (C=O) groups is 1. The third kappa shape index (κ3) is 4.42. The summed E-state index contributed by atoms with van der Waals surface area (Å²) in [5, 5.41) is 0.343. The molecule has 3 aromatic carbocycles. The van der Waals surface area contributed by atoms with Crippen molar-refractivity contribution in [3.63, 3.8) is 0 Å². The maximum Gasteiger partial charge on any atom is 0.343 e. The number of rotatable bonds is 4. The van der Waals surface area contributed by atoms with Gasteiger partial charge in [-0.15, -0.1) is 0 Å². The summed E-state index contributed by atoms with van der Waals surface area (Å²) >= 11 is 0. The average molecular weight is 428 g/mol. The first-order chi connectivity index (χ1) is 15.2. The monoisotopic (exact) mass is 428 g/mol. The SMILES string of the molecule is COc1ccc(-c2cc(=O)c3cc(OC(=O)c4ccc(C(C)(C)C)cc4)ccc3o2)cc1. The highest BCUT2D eigenvalue weighted by Crippen LogP contribution is 2.27. The van der Waals surface area contributed by atoms with E-state index in [1.54, 1.807) is 43.5 Å². The highest BCUT2D eigenvalue weighted by Gasteiger charge is 2.16. The van der Waals surface area contributed by atoms with Crippen LogP contribution in [0, 0.1) is 0 Å². The molecule has 0 unspecified atom stereocenters. The van der Waals surface area contributed by atoms with Crippen LogP contribution in [0.4, 0.5) is 0 Å².